The monoisotopic (exact) mass is 199 g/mol. The van der Waals surface area contributed by atoms with E-state index < -0.39 is 17.8 Å². The summed E-state index contributed by atoms with van der Waals surface area (Å²) >= 11 is 0. The zero-order valence-electron chi connectivity index (χ0n) is 5.89. The van der Waals surface area contributed by atoms with Crippen molar-refractivity contribution in [3.8, 4) is 0 Å². The Bertz CT molecular complexity index is 282. The van der Waals surface area contributed by atoms with Crippen LogP contribution in [-0.4, -0.2) is 21.6 Å². The van der Waals surface area contributed by atoms with Gasteiger partial charge in [0.05, 0.1) is 6.20 Å². The summed E-state index contributed by atoms with van der Waals surface area (Å²) in [6.07, 6.45) is -4.95. The topological polar surface area (TPSA) is 38.7 Å². The van der Waals surface area contributed by atoms with Crippen LogP contribution in [0.25, 0.3) is 0 Å². The summed E-state index contributed by atoms with van der Waals surface area (Å²) in [5.41, 5.74) is -1.46. The molecule has 0 aliphatic heterocycles. The lowest BCUT2D eigenvalue weighted by atomic mass is 10.2. The Labute approximate surface area is 68.6 Å². The number of hydrogen-bond donors (Lipinski definition) is 0. The van der Waals surface area contributed by atoms with Gasteiger partial charge < -0.3 is 0 Å². The molecule has 0 unspecified atom stereocenters. The molecule has 0 fully saturated rings. The van der Waals surface area contributed by atoms with Crippen LogP contribution in [0.2, 0.25) is 0 Å². The van der Waals surface area contributed by atoms with Gasteiger partial charge in [-0.2, -0.15) is 22.0 Å². The minimum absolute atomic E-state index is 0.459. The molecule has 13 heavy (non-hydrogen) atoms. The smallest absolute Gasteiger partial charge is 0.189 e. The summed E-state index contributed by atoms with van der Waals surface area (Å²) in [7, 11) is 0. The molecule has 0 atom stereocenters. The van der Waals surface area contributed by atoms with Crippen LogP contribution in [-0.2, 0) is 5.92 Å². The van der Waals surface area contributed by atoms with Crippen molar-refractivity contribution >= 4 is 0 Å². The number of hydrogen-bond acceptors (Lipinski definition) is 3. The van der Waals surface area contributed by atoms with E-state index in [1.807, 2.05) is 0 Å². The molecular weight excluding hydrogens is 197 g/mol. The highest BCUT2D eigenvalue weighted by atomic mass is 19.4. The van der Waals surface area contributed by atoms with Gasteiger partial charge in [0.15, 0.2) is 0 Å². The molecule has 1 aromatic rings. The third-order valence-corrected chi connectivity index (χ3v) is 1.18. The van der Waals surface area contributed by atoms with E-state index in [-0.39, 0.29) is 0 Å². The molecule has 0 aliphatic carbocycles. The van der Waals surface area contributed by atoms with Crippen molar-refractivity contribution in [2.24, 2.45) is 0 Å². The van der Waals surface area contributed by atoms with Gasteiger partial charge in [0, 0.05) is 0 Å². The molecule has 1 heterocycles. The second kappa shape index (κ2) is 2.86. The Hall–Kier alpha value is -1.34. The molecule has 0 saturated heterocycles. The molecule has 1 rings (SSSR count). The molecule has 0 bridgehead atoms. The predicted molar refractivity (Wildman–Crippen MR) is 29.8 cm³/mol. The molecular formula is C5H2F5N3. The van der Waals surface area contributed by atoms with Gasteiger partial charge >= 0.3 is 12.1 Å². The maximum atomic E-state index is 12.4. The lowest BCUT2D eigenvalue weighted by Crippen LogP contribution is -2.34. The molecule has 3 nitrogen and oxygen atoms in total. The highest BCUT2D eigenvalue weighted by molar-refractivity contribution is 5.07. The average Bonchev–Trinajstić information content (AvgIpc) is 2.04. The third-order valence-electron chi connectivity index (χ3n) is 1.18. The molecule has 0 N–H and O–H groups in total. The minimum Gasteiger partial charge on any atom is -0.189 e. The van der Waals surface area contributed by atoms with Crippen molar-refractivity contribution in [3.63, 3.8) is 0 Å². The van der Waals surface area contributed by atoms with E-state index in [0.29, 0.717) is 12.3 Å². The summed E-state index contributed by atoms with van der Waals surface area (Å²) in [5.74, 6) is -4.98. The minimum atomic E-state index is -5.66. The van der Waals surface area contributed by atoms with Crippen molar-refractivity contribution in [2.75, 3.05) is 0 Å². The number of nitrogens with zero attached hydrogens (tertiary/aromatic N) is 3. The Morgan fingerprint density at radius 3 is 2.08 bits per heavy atom. The second-order valence-corrected chi connectivity index (χ2v) is 2.08. The first-order valence-corrected chi connectivity index (χ1v) is 2.95. The lowest BCUT2D eigenvalue weighted by molar-refractivity contribution is -0.291. The number of alkyl halides is 5. The number of aromatic nitrogens is 3. The van der Waals surface area contributed by atoms with Gasteiger partial charge in [-0.3, -0.25) is 0 Å². The predicted octanol–water partition coefficient (Wildman–Crippen LogP) is 1.53. The maximum Gasteiger partial charge on any atom is 0.459 e. The molecule has 0 radical (unpaired) electrons. The SMILES string of the molecule is FC(F)(F)C(F)(F)c1ccnnn1. The van der Waals surface area contributed by atoms with Gasteiger partial charge in [-0.05, 0) is 11.3 Å². The zero-order chi connectivity index (χ0) is 10.1. The molecule has 8 heteroatoms. The Morgan fingerprint density at radius 2 is 1.69 bits per heavy atom. The normalized spacial score (nSPS) is 13.0. The van der Waals surface area contributed by atoms with Crippen molar-refractivity contribution in [1.82, 2.24) is 15.4 Å². The van der Waals surface area contributed by atoms with E-state index in [1.54, 1.807) is 0 Å². The molecule has 1 aromatic heterocycles. The van der Waals surface area contributed by atoms with Crippen LogP contribution in [0.15, 0.2) is 12.3 Å². The van der Waals surface area contributed by atoms with Crippen LogP contribution in [0.3, 0.4) is 0 Å². The molecule has 0 spiro atoms. The lowest BCUT2D eigenvalue weighted by Gasteiger charge is -2.17. The molecule has 0 aliphatic rings. The van der Waals surface area contributed by atoms with Crippen molar-refractivity contribution in [3.05, 3.63) is 18.0 Å². The molecule has 0 saturated carbocycles. The first-order valence-electron chi connectivity index (χ1n) is 2.95. The van der Waals surface area contributed by atoms with Gasteiger partial charge in [-0.1, -0.05) is 0 Å². The van der Waals surface area contributed by atoms with Crippen LogP contribution < -0.4 is 0 Å². The summed E-state index contributed by atoms with van der Waals surface area (Å²) in [5, 5.41) is 8.25. The standard InChI is InChI=1S/C5H2F5N3/c6-4(7,5(8,9)10)3-1-2-11-13-12-3/h1-2H. The quantitative estimate of drug-likeness (QED) is 0.643. The van der Waals surface area contributed by atoms with Gasteiger partial charge in [-0.15, -0.1) is 10.2 Å². The van der Waals surface area contributed by atoms with Gasteiger partial charge in [0.25, 0.3) is 0 Å². The first-order chi connectivity index (χ1) is 5.86. The summed E-state index contributed by atoms with van der Waals surface area (Å²) in [6.45, 7) is 0. The molecule has 0 aromatic carbocycles. The Kier molecular flexibility index (Phi) is 2.14. The van der Waals surface area contributed by atoms with Crippen LogP contribution in [0.5, 0.6) is 0 Å². The van der Waals surface area contributed by atoms with Crippen molar-refractivity contribution < 1.29 is 22.0 Å². The van der Waals surface area contributed by atoms with E-state index in [4.69, 9.17) is 0 Å². The van der Waals surface area contributed by atoms with Crippen LogP contribution in [0.4, 0.5) is 22.0 Å². The maximum absolute atomic E-state index is 12.4. The van der Waals surface area contributed by atoms with Gasteiger partial charge in [0.1, 0.15) is 5.69 Å². The molecule has 0 amide bonds. The van der Waals surface area contributed by atoms with Gasteiger partial charge in [0.2, 0.25) is 0 Å². The van der Waals surface area contributed by atoms with E-state index in [9.17, 15) is 22.0 Å². The highest BCUT2D eigenvalue weighted by Crippen LogP contribution is 2.42. The zero-order valence-corrected chi connectivity index (χ0v) is 5.89. The average molecular weight is 199 g/mol. The van der Waals surface area contributed by atoms with Crippen molar-refractivity contribution in [1.29, 1.82) is 0 Å². The first kappa shape index (κ1) is 9.75. The fourth-order valence-corrected chi connectivity index (χ4v) is 0.554. The van der Waals surface area contributed by atoms with Crippen LogP contribution in [0, 0.1) is 0 Å². The summed E-state index contributed by atoms with van der Waals surface area (Å²) in [6, 6.07) is 0.459. The highest BCUT2D eigenvalue weighted by Gasteiger charge is 2.60. The van der Waals surface area contributed by atoms with E-state index in [0.717, 1.165) is 0 Å². The second-order valence-electron chi connectivity index (χ2n) is 2.08. The van der Waals surface area contributed by atoms with Gasteiger partial charge in [-0.25, -0.2) is 0 Å². The fraction of sp³-hybridized carbons (Fsp3) is 0.400. The number of rotatable bonds is 1. The fourth-order valence-electron chi connectivity index (χ4n) is 0.554. The van der Waals surface area contributed by atoms with Crippen LogP contribution in [0.1, 0.15) is 5.69 Å². The van der Waals surface area contributed by atoms with E-state index in [1.165, 1.54) is 0 Å². The Morgan fingerprint density at radius 1 is 1.08 bits per heavy atom. The summed E-state index contributed by atoms with van der Waals surface area (Å²) < 4.78 is 59.9. The van der Waals surface area contributed by atoms with E-state index in [2.05, 4.69) is 15.4 Å². The van der Waals surface area contributed by atoms with Crippen LogP contribution >= 0.6 is 0 Å². The number of halogens is 5. The third kappa shape index (κ3) is 1.70. The van der Waals surface area contributed by atoms with E-state index >= 15 is 0 Å². The van der Waals surface area contributed by atoms with Crippen molar-refractivity contribution in [2.45, 2.75) is 12.1 Å². The largest absolute Gasteiger partial charge is 0.459 e. The molecule has 72 valence electrons. The Balaban J connectivity index is 3.08. The summed E-state index contributed by atoms with van der Waals surface area (Å²) in [4.78, 5) is 0.